The third kappa shape index (κ3) is 3.95. The van der Waals surface area contributed by atoms with E-state index in [0.717, 1.165) is 11.1 Å². The minimum Gasteiger partial charge on any atom is -0.392 e. The second kappa shape index (κ2) is 8.05. The van der Waals surface area contributed by atoms with Crippen molar-refractivity contribution in [2.45, 2.75) is 44.8 Å². The minimum absolute atomic E-state index is 0.0123. The van der Waals surface area contributed by atoms with Gasteiger partial charge in [0, 0.05) is 24.4 Å². The van der Waals surface area contributed by atoms with Crippen molar-refractivity contribution in [3.05, 3.63) is 70.3 Å². The van der Waals surface area contributed by atoms with Gasteiger partial charge >= 0.3 is 0 Å². The van der Waals surface area contributed by atoms with Gasteiger partial charge in [-0.2, -0.15) is 5.10 Å². The molecular weight excluding hydrogens is 393 g/mol. The third-order valence-electron chi connectivity index (χ3n) is 5.38. The van der Waals surface area contributed by atoms with E-state index >= 15 is 0 Å². The van der Waals surface area contributed by atoms with Gasteiger partial charge in [0.2, 0.25) is 0 Å². The van der Waals surface area contributed by atoms with Crippen LogP contribution in [0.25, 0.3) is 11.4 Å². The highest BCUT2D eigenvalue weighted by Crippen LogP contribution is 2.36. The molecule has 0 amide bonds. The van der Waals surface area contributed by atoms with Crippen LogP contribution >= 0.6 is 11.6 Å². The third-order valence-corrected chi connectivity index (χ3v) is 5.68. The molecule has 1 aliphatic carbocycles. The van der Waals surface area contributed by atoms with Gasteiger partial charge < -0.3 is 5.11 Å². The maximum Gasteiger partial charge on any atom is 0.181 e. The van der Waals surface area contributed by atoms with Crippen LogP contribution in [0.15, 0.2) is 42.5 Å². The van der Waals surface area contributed by atoms with Gasteiger partial charge in [0.25, 0.3) is 0 Å². The summed E-state index contributed by atoms with van der Waals surface area (Å²) in [4.78, 5) is 17.2. The van der Waals surface area contributed by atoms with Crippen LogP contribution in [-0.4, -0.2) is 31.8 Å². The molecule has 0 fully saturated rings. The van der Waals surface area contributed by atoms with Crippen LogP contribution < -0.4 is 0 Å². The molecule has 0 unspecified atom stereocenters. The second-order valence-corrected chi connectivity index (χ2v) is 7.70. The maximum atomic E-state index is 13.8. The molecule has 1 N–H and O–H groups in total. The number of carbonyl (C=O) groups is 1. The highest BCUT2D eigenvalue weighted by atomic mass is 35.5. The summed E-state index contributed by atoms with van der Waals surface area (Å²) in [5, 5.41) is 14.8. The zero-order valence-corrected chi connectivity index (χ0v) is 16.7. The van der Waals surface area contributed by atoms with E-state index in [0.29, 0.717) is 30.2 Å². The molecule has 0 saturated heterocycles. The van der Waals surface area contributed by atoms with E-state index in [1.54, 1.807) is 10.7 Å². The Morgan fingerprint density at radius 3 is 2.86 bits per heavy atom. The zero-order chi connectivity index (χ0) is 20.5. The van der Waals surface area contributed by atoms with Gasteiger partial charge in [-0.05, 0) is 42.7 Å². The number of aliphatic hydroxyl groups is 1. The second-order valence-electron chi connectivity index (χ2n) is 7.29. The van der Waals surface area contributed by atoms with E-state index in [1.807, 2.05) is 31.2 Å². The number of hydrogen-bond acceptors (Lipinski definition) is 4. The molecule has 7 heteroatoms. The molecule has 2 aromatic carbocycles. The first-order valence-corrected chi connectivity index (χ1v) is 10.0. The Morgan fingerprint density at radius 1 is 1.31 bits per heavy atom. The average molecular weight is 414 g/mol. The number of halogens is 2. The number of aryl methyl sites for hydroxylation is 1. The molecule has 150 valence electrons. The van der Waals surface area contributed by atoms with Crippen molar-refractivity contribution in [1.82, 2.24) is 14.8 Å². The highest BCUT2D eigenvalue weighted by molar-refractivity contribution is 6.30. The van der Waals surface area contributed by atoms with Gasteiger partial charge in [-0.25, -0.2) is 14.1 Å². The summed E-state index contributed by atoms with van der Waals surface area (Å²) in [7, 11) is 0. The topological polar surface area (TPSA) is 68.0 Å². The summed E-state index contributed by atoms with van der Waals surface area (Å²) in [6.45, 7) is 2.45. The summed E-state index contributed by atoms with van der Waals surface area (Å²) in [5.74, 6) is 0.145. The monoisotopic (exact) mass is 413 g/mol. The number of rotatable bonds is 6. The largest absolute Gasteiger partial charge is 0.392 e. The molecule has 0 radical (unpaired) electrons. The fourth-order valence-electron chi connectivity index (χ4n) is 3.91. The van der Waals surface area contributed by atoms with E-state index in [2.05, 4.69) is 10.1 Å². The molecule has 4 rings (SSSR count). The molecule has 5 nitrogen and oxygen atoms in total. The Hall–Kier alpha value is -2.57. The Morgan fingerprint density at radius 2 is 2.10 bits per heavy atom. The lowest BCUT2D eigenvalue weighted by Gasteiger charge is -2.15. The van der Waals surface area contributed by atoms with Crippen molar-refractivity contribution in [3.63, 3.8) is 0 Å². The quantitative estimate of drug-likeness (QED) is 0.664. The van der Waals surface area contributed by atoms with Crippen molar-refractivity contribution in [3.8, 4) is 11.4 Å². The lowest BCUT2D eigenvalue weighted by Crippen LogP contribution is -2.19. The molecular formula is C22H21ClFN3O2. The predicted octanol–water partition coefficient (Wildman–Crippen LogP) is 3.96. The standard InChI is InChI=1S/C22H21ClFN3O2/c1-2-27-21(25-22(26-27)14-7-8-18(23)19(24)9-14)12-15(28)11-17-16-6-4-3-5-13(16)10-20(17)29/h3-9,17,20,29H,2,10-12H2,1H3/t17-,20-/m0/s1. The highest BCUT2D eigenvalue weighted by Gasteiger charge is 2.32. The van der Waals surface area contributed by atoms with Crippen molar-refractivity contribution in [1.29, 1.82) is 0 Å². The molecule has 29 heavy (non-hydrogen) atoms. The van der Waals surface area contributed by atoms with Gasteiger partial charge in [0.05, 0.1) is 17.5 Å². The van der Waals surface area contributed by atoms with Crippen molar-refractivity contribution in [2.75, 3.05) is 0 Å². The number of Topliss-reactive ketones (excluding diaryl/α,β-unsaturated/α-hetero) is 1. The molecule has 2 atom stereocenters. The molecule has 1 aliphatic rings. The molecule has 3 aromatic rings. The van der Waals surface area contributed by atoms with Gasteiger partial charge in [-0.3, -0.25) is 4.79 Å². The number of hydrogen-bond donors (Lipinski definition) is 1. The van der Waals surface area contributed by atoms with Crippen LogP contribution in [0.3, 0.4) is 0 Å². The SMILES string of the molecule is CCn1nc(-c2ccc(Cl)c(F)c2)nc1CC(=O)C[C@H]1c2ccccc2C[C@@H]1O. The molecule has 1 heterocycles. The summed E-state index contributed by atoms with van der Waals surface area (Å²) in [5.41, 5.74) is 2.65. The summed E-state index contributed by atoms with van der Waals surface area (Å²) < 4.78 is 15.4. The normalized spacial score (nSPS) is 18.1. The lowest BCUT2D eigenvalue weighted by molar-refractivity contribution is -0.119. The number of fused-ring (bicyclic) bond motifs is 1. The molecule has 0 saturated carbocycles. The molecule has 1 aromatic heterocycles. The summed E-state index contributed by atoms with van der Waals surface area (Å²) in [6.07, 6.45) is 0.390. The number of aromatic nitrogens is 3. The zero-order valence-electron chi connectivity index (χ0n) is 16.0. The fourth-order valence-corrected chi connectivity index (χ4v) is 4.03. The first-order valence-electron chi connectivity index (χ1n) is 9.63. The lowest BCUT2D eigenvalue weighted by atomic mass is 9.93. The van der Waals surface area contributed by atoms with Crippen molar-refractivity contribution >= 4 is 17.4 Å². The maximum absolute atomic E-state index is 13.8. The first-order chi connectivity index (χ1) is 14.0. The number of nitrogens with zero attached hydrogens (tertiary/aromatic N) is 3. The number of ketones is 1. The number of carbonyl (C=O) groups excluding carboxylic acids is 1. The van der Waals surface area contributed by atoms with Crippen molar-refractivity contribution in [2.24, 2.45) is 0 Å². The average Bonchev–Trinajstić information content (AvgIpc) is 3.25. The Bertz CT molecular complexity index is 1070. The Kier molecular flexibility index (Phi) is 5.48. The van der Waals surface area contributed by atoms with Gasteiger partial charge in [0.1, 0.15) is 17.4 Å². The molecule has 0 spiro atoms. The van der Waals surface area contributed by atoms with Gasteiger partial charge in [-0.15, -0.1) is 0 Å². The summed E-state index contributed by atoms with van der Waals surface area (Å²) >= 11 is 5.74. The predicted molar refractivity (Wildman–Crippen MR) is 108 cm³/mol. The number of aliphatic hydroxyl groups excluding tert-OH is 1. The van der Waals surface area contributed by atoms with Crippen LogP contribution in [0, 0.1) is 5.82 Å². The Labute approximate surface area is 173 Å². The van der Waals surface area contributed by atoms with Gasteiger partial charge in [0.15, 0.2) is 5.82 Å². The van der Waals surface area contributed by atoms with Gasteiger partial charge in [-0.1, -0.05) is 35.9 Å². The fraction of sp³-hybridized carbons (Fsp3) is 0.318. The smallest absolute Gasteiger partial charge is 0.181 e. The van der Waals surface area contributed by atoms with Crippen LogP contribution in [0.2, 0.25) is 5.02 Å². The van der Waals surface area contributed by atoms with E-state index in [4.69, 9.17) is 11.6 Å². The van der Waals surface area contributed by atoms with Crippen LogP contribution in [0.5, 0.6) is 0 Å². The summed E-state index contributed by atoms with van der Waals surface area (Å²) in [6, 6.07) is 12.2. The number of benzene rings is 2. The minimum atomic E-state index is -0.548. The van der Waals surface area contributed by atoms with E-state index < -0.39 is 11.9 Å². The first kappa shape index (κ1) is 19.7. The van der Waals surface area contributed by atoms with Crippen LogP contribution in [-0.2, 0) is 24.2 Å². The van der Waals surface area contributed by atoms with Crippen molar-refractivity contribution < 1.29 is 14.3 Å². The van der Waals surface area contributed by atoms with E-state index in [-0.39, 0.29) is 29.6 Å². The Balaban J connectivity index is 1.52. The molecule has 0 aliphatic heterocycles. The van der Waals surface area contributed by atoms with Crippen LogP contribution in [0.4, 0.5) is 4.39 Å². The molecule has 0 bridgehead atoms. The van der Waals surface area contributed by atoms with Crippen LogP contribution in [0.1, 0.15) is 36.2 Å². The van der Waals surface area contributed by atoms with E-state index in [9.17, 15) is 14.3 Å². The van der Waals surface area contributed by atoms with E-state index in [1.165, 1.54) is 12.1 Å².